The van der Waals surface area contributed by atoms with Crippen molar-refractivity contribution in [1.29, 1.82) is 0 Å². The van der Waals surface area contributed by atoms with E-state index in [1.807, 2.05) is 24.3 Å². The Hall–Kier alpha value is -1.08. The summed E-state index contributed by atoms with van der Waals surface area (Å²) in [6.45, 7) is 0.813. The summed E-state index contributed by atoms with van der Waals surface area (Å²) in [7, 11) is 1.72. The number of nitrogens with one attached hydrogen (secondary N) is 1. The SMILES string of the molecule is CO[C@@H]1CN[C@@H](c2nc(CSc3ccccc3Cl)no2)C1. The van der Waals surface area contributed by atoms with E-state index in [9.17, 15) is 0 Å². The van der Waals surface area contributed by atoms with Crippen molar-refractivity contribution in [3.63, 3.8) is 0 Å². The lowest BCUT2D eigenvalue weighted by molar-refractivity contribution is 0.116. The van der Waals surface area contributed by atoms with Crippen LogP contribution in [0.5, 0.6) is 0 Å². The number of hydrogen-bond acceptors (Lipinski definition) is 6. The Labute approximate surface area is 132 Å². The van der Waals surface area contributed by atoms with Gasteiger partial charge in [0.1, 0.15) is 0 Å². The molecule has 1 fully saturated rings. The minimum atomic E-state index is 0.0847. The minimum absolute atomic E-state index is 0.0847. The van der Waals surface area contributed by atoms with Crippen LogP contribution in [0.2, 0.25) is 5.02 Å². The van der Waals surface area contributed by atoms with Gasteiger partial charge >= 0.3 is 0 Å². The third-order valence-electron chi connectivity index (χ3n) is 3.40. The highest BCUT2D eigenvalue weighted by Crippen LogP contribution is 2.29. The number of hydrogen-bond donors (Lipinski definition) is 1. The van der Waals surface area contributed by atoms with Crippen molar-refractivity contribution < 1.29 is 9.26 Å². The predicted molar refractivity (Wildman–Crippen MR) is 81.5 cm³/mol. The average Bonchev–Trinajstić information content (AvgIpc) is 3.15. The van der Waals surface area contributed by atoms with E-state index < -0.39 is 0 Å². The summed E-state index contributed by atoms with van der Waals surface area (Å²) < 4.78 is 10.7. The summed E-state index contributed by atoms with van der Waals surface area (Å²) in [5.74, 6) is 1.94. The first-order chi connectivity index (χ1) is 10.3. The molecule has 0 radical (unpaired) electrons. The molecule has 5 nitrogen and oxygen atoms in total. The van der Waals surface area contributed by atoms with E-state index in [2.05, 4.69) is 15.5 Å². The summed E-state index contributed by atoms with van der Waals surface area (Å²) in [5, 5.41) is 8.09. The lowest BCUT2D eigenvalue weighted by Crippen LogP contribution is -2.16. The minimum Gasteiger partial charge on any atom is -0.380 e. The highest BCUT2D eigenvalue weighted by Gasteiger charge is 2.29. The van der Waals surface area contributed by atoms with Gasteiger partial charge in [-0.25, -0.2) is 0 Å². The van der Waals surface area contributed by atoms with Crippen LogP contribution in [-0.4, -0.2) is 29.9 Å². The van der Waals surface area contributed by atoms with E-state index in [0.29, 0.717) is 17.5 Å². The molecule has 1 aromatic heterocycles. The van der Waals surface area contributed by atoms with Crippen molar-refractivity contribution in [2.45, 2.75) is 29.2 Å². The van der Waals surface area contributed by atoms with Crippen molar-refractivity contribution in [2.24, 2.45) is 0 Å². The van der Waals surface area contributed by atoms with Crippen LogP contribution in [0.3, 0.4) is 0 Å². The summed E-state index contributed by atoms with van der Waals surface area (Å²) in [5.41, 5.74) is 0. The molecule has 112 valence electrons. The normalized spacial score (nSPS) is 21.8. The number of nitrogens with zero attached hydrogens (tertiary/aromatic N) is 2. The van der Waals surface area contributed by atoms with E-state index in [-0.39, 0.29) is 12.1 Å². The van der Waals surface area contributed by atoms with E-state index in [1.54, 1.807) is 18.9 Å². The largest absolute Gasteiger partial charge is 0.380 e. The maximum atomic E-state index is 6.12. The Balaban J connectivity index is 1.60. The van der Waals surface area contributed by atoms with Crippen molar-refractivity contribution in [2.75, 3.05) is 13.7 Å². The zero-order valence-electron chi connectivity index (χ0n) is 11.6. The molecule has 0 amide bonds. The molecule has 0 bridgehead atoms. The first-order valence-corrected chi connectivity index (χ1v) is 8.08. The van der Waals surface area contributed by atoms with Gasteiger partial charge in [0, 0.05) is 18.6 Å². The van der Waals surface area contributed by atoms with Crippen LogP contribution in [0.15, 0.2) is 33.7 Å². The predicted octanol–water partition coefficient (Wildman–Crippen LogP) is 3.06. The van der Waals surface area contributed by atoms with Gasteiger partial charge in [0.25, 0.3) is 0 Å². The van der Waals surface area contributed by atoms with Crippen LogP contribution < -0.4 is 5.32 Å². The first-order valence-electron chi connectivity index (χ1n) is 6.72. The summed E-state index contributed by atoms with van der Waals surface area (Å²) >= 11 is 7.72. The van der Waals surface area contributed by atoms with Crippen molar-refractivity contribution >= 4 is 23.4 Å². The fraction of sp³-hybridized carbons (Fsp3) is 0.429. The van der Waals surface area contributed by atoms with Crippen LogP contribution in [-0.2, 0) is 10.5 Å². The standard InChI is InChI=1S/C14H16ClN3O2S/c1-19-9-6-11(16-7-9)14-17-13(18-20-14)8-21-12-5-3-2-4-10(12)15/h2-5,9,11,16H,6-8H2,1H3/t9-,11+/m0/s1. The molecule has 0 aliphatic carbocycles. The van der Waals surface area contributed by atoms with Gasteiger partial charge in [-0.2, -0.15) is 4.98 Å². The maximum absolute atomic E-state index is 6.12. The van der Waals surface area contributed by atoms with Crippen LogP contribution in [0.1, 0.15) is 24.2 Å². The van der Waals surface area contributed by atoms with Gasteiger partial charge in [-0.1, -0.05) is 28.9 Å². The van der Waals surface area contributed by atoms with Crippen LogP contribution >= 0.6 is 23.4 Å². The van der Waals surface area contributed by atoms with Crippen molar-refractivity contribution in [1.82, 2.24) is 15.5 Å². The highest BCUT2D eigenvalue weighted by atomic mass is 35.5. The second-order valence-electron chi connectivity index (χ2n) is 4.82. The highest BCUT2D eigenvalue weighted by molar-refractivity contribution is 7.98. The summed E-state index contributed by atoms with van der Waals surface area (Å²) in [6.07, 6.45) is 1.07. The summed E-state index contributed by atoms with van der Waals surface area (Å²) in [6, 6.07) is 7.82. The van der Waals surface area contributed by atoms with Gasteiger partial charge in [-0.05, 0) is 18.6 Å². The number of benzene rings is 1. The quantitative estimate of drug-likeness (QED) is 0.853. The second kappa shape index (κ2) is 6.79. The smallest absolute Gasteiger partial charge is 0.243 e. The topological polar surface area (TPSA) is 60.2 Å². The number of rotatable bonds is 5. The molecule has 1 N–H and O–H groups in total. The molecule has 2 heterocycles. The van der Waals surface area contributed by atoms with Gasteiger partial charge in [0.15, 0.2) is 5.82 Å². The second-order valence-corrected chi connectivity index (χ2v) is 6.25. The van der Waals surface area contributed by atoms with Gasteiger partial charge < -0.3 is 14.6 Å². The van der Waals surface area contributed by atoms with Gasteiger partial charge in [0.05, 0.1) is 22.9 Å². The van der Waals surface area contributed by atoms with Crippen molar-refractivity contribution in [3.05, 3.63) is 41.0 Å². The Morgan fingerprint density at radius 1 is 1.48 bits per heavy atom. The molecule has 7 heteroatoms. The fourth-order valence-corrected chi connectivity index (χ4v) is 3.32. The number of halogens is 1. The Bertz CT molecular complexity index is 607. The lowest BCUT2D eigenvalue weighted by Gasteiger charge is -2.04. The Kier molecular flexibility index (Phi) is 4.80. The third-order valence-corrected chi connectivity index (χ3v) is 4.91. The molecular formula is C14H16ClN3O2S. The molecule has 1 saturated heterocycles. The third kappa shape index (κ3) is 3.58. The number of methoxy groups -OCH3 is 1. The summed E-state index contributed by atoms with van der Waals surface area (Å²) in [4.78, 5) is 5.46. The molecule has 3 rings (SSSR count). The Morgan fingerprint density at radius 2 is 2.33 bits per heavy atom. The molecule has 0 spiro atoms. The number of aromatic nitrogens is 2. The van der Waals surface area contributed by atoms with E-state index >= 15 is 0 Å². The molecule has 21 heavy (non-hydrogen) atoms. The maximum Gasteiger partial charge on any atom is 0.243 e. The molecule has 0 unspecified atom stereocenters. The van der Waals surface area contributed by atoms with E-state index in [1.165, 1.54) is 0 Å². The molecule has 0 saturated carbocycles. The van der Waals surface area contributed by atoms with Gasteiger partial charge in [0.2, 0.25) is 5.89 Å². The molecule has 1 aliphatic heterocycles. The first kappa shape index (κ1) is 14.8. The van der Waals surface area contributed by atoms with Gasteiger partial charge in [-0.15, -0.1) is 11.8 Å². The van der Waals surface area contributed by atoms with Crippen molar-refractivity contribution in [3.8, 4) is 0 Å². The van der Waals surface area contributed by atoms with Crippen LogP contribution in [0, 0.1) is 0 Å². The zero-order chi connectivity index (χ0) is 14.7. The fourth-order valence-electron chi connectivity index (χ4n) is 2.24. The monoisotopic (exact) mass is 325 g/mol. The number of thioether (sulfide) groups is 1. The van der Waals surface area contributed by atoms with E-state index in [0.717, 1.165) is 22.9 Å². The van der Waals surface area contributed by atoms with E-state index in [4.69, 9.17) is 20.9 Å². The van der Waals surface area contributed by atoms with Gasteiger partial charge in [-0.3, -0.25) is 0 Å². The average molecular weight is 326 g/mol. The molecule has 1 aromatic carbocycles. The molecule has 1 aliphatic rings. The zero-order valence-corrected chi connectivity index (χ0v) is 13.2. The molecule has 2 aromatic rings. The molecular weight excluding hydrogens is 310 g/mol. The van der Waals surface area contributed by atoms with Crippen LogP contribution in [0.4, 0.5) is 0 Å². The lowest BCUT2D eigenvalue weighted by atomic mass is 10.2. The van der Waals surface area contributed by atoms with Crippen LogP contribution in [0.25, 0.3) is 0 Å². The molecule has 2 atom stereocenters. The number of ether oxygens (including phenoxy) is 1. The Morgan fingerprint density at radius 3 is 3.10 bits per heavy atom.